The molecular formula is C20H25ClN6S. The van der Waals surface area contributed by atoms with Gasteiger partial charge in [-0.2, -0.15) is 0 Å². The van der Waals surface area contributed by atoms with Gasteiger partial charge in [0.05, 0.1) is 5.02 Å². The number of hydrogen-bond donors (Lipinski definition) is 2. The molecule has 3 N–H and O–H groups in total. The van der Waals surface area contributed by atoms with E-state index in [-0.39, 0.29) is 0 Å². The maximum absolute atomic E-state index is 7.44. The first-order chi connectivity index (χ1) is 13.5. The molecule has 8 heteroatoms. The number of likely N-dealkylation sites (tertiary alicyclic amines) is 1. The Morgan fingerprint density at radius 2 is 2.14 bits per heavy atom. The van der Waals surface area contributed by atoms with E-state index in [4.69, 9.17) is 22.7 Å². The SMILES string of the molecule is CN1CCC2(CCCN(c3nnc(-c4ccc(/C(C=N)=C/N)cc4Cl)s3)C2)C1. The number of nitrogens with one attached hydrogen (secondary N) is 1. The number of halogens is 1. The molecule has 0 amide bonds. The van der Waals surface area contributed by atoms with Crippen LogP contribution < -0.4 is 10.6 Å². The second-order valence-electron chi connectivity index (χ2n) is 7.86. The van der Waals surface area contributed by atoms with Gasteiger partial charge < -0.3 is 20.9 Å². The van der Waals surface area contributed by atoms with Gasteiger partial charge in [0.25, 0.3) is 0 Å². The van der Waals surface area contributed by atoms with E-state index in [1.165, 1.54) is 44.8 Å². The lowest BCUT2D eigenvalue weighted by atomic mass is 9.79. The van der Waals surface area contributed by atoms with Crippen molar-refractivity contribution < 1.29 is 0 Å². The zero-order valence-corrected chi connectivity index (χ0v) is 17.6. The van der Waals surface area contributed by atoms with Crippen molar-refractivity contribution in [1.29, 1.82) is 5.41 Å². The quantitative estimate of drug-likeness (QED) is 0.742. The van der Waals surface area contributed by atoms with Crippen LogP contribution in [0.5, 0.6) is 0 Å². The first-order valence-corrected chi connectivity index (χ1v) is 10.7. The molecule has 28 heavy (non-hydrogen) atoms. The Balaban J connectivity index is 1.55. The van der Waals surface area contributed by atoms with E-state index in [0.717, 1.165) is 34.4 Å². The second kappa shape index (κ2) is 7.81. The van der Waals surface area contributed by atoms with Gasteiger partial charge in [0.2, 0.25) is 5.13 Å². The standard InChI is InChI=1S/C20H25ClN6S/c1-26-8-6-20(12-26)5-2-7-27(13-20)19-25-24-18(28-19)16-4-3-14(9-17(16)21)15(10-22)11-23/h3-4,9-11,22H,2,5-8,12-13,23H2,1H3/b15-11+,22-10?. The molecule has 1 atom stereocenters. The highest BCUT2D eigenvalue weighted by Gasteiger charge is 2.40. The third-order valence-corrected chi connectivity index (χ3v) is 7.17. The van der Waals surface area contributed by atoms with Gasteiger partial charge in [0.1, 0.15) is 0 Å². The lowest BCUT2D eigenvalue weighted by molar-refractivity contribution is 0.234. The zero-order chi connectivity index (χ0) is 19.7. The fraction of sp³-hybridized carbons (Fsp3) is 0.450. The molecule has 1 spiro atoms. The monoisotopic (exact) mass is 416 g/mol. The highest BCUT2D eigenvalue weighted by atomic mass is 35.5. The number of nitrogens with zero attached hydrogens (tertiary/aromatic N) is 4. The first-order valence-electron chi connectivity index (χ1n) is 9.53. The number of nitrogens with two attached hydrogens (primary N) is 1. The van der Waals surface area contributed by atoms with E-state index in [9.17, 15) is 0 Å². The summed E-state index contributed by atoms with van der Waals surface area (Å²) in [6.45, 7) is 4.46. The third-order valence-electron chi connectivity index (χ3n) is 5.84. The summed E-state index contributed by atoms with van der Waals surface area (Å²) in [6.07, 6.45) is 6.41. The van der Waals surface area contributed by atoms with Crippen LogP contribution in [0.4, 0.5) is 5.13 Å². The van der Waals surface area contributed by atoms with Gasteiger partial charge in [-0.05, 0) is 50.6 Å². The van der Waals surface area contributed by atoms with Crippen molar-refractivity contribution in [2.24, 2.45) is 11.1 Å². The lowest BCUT2D eigenvalue weighted by Crippen LogP contribution is -2.44. The van der Waals surface area contributed by atoms with Crippen molar-refractivity contribution in [1.82, 2.24) is 15.1 Å². The van der Waals surface area contributed by atoms with E-state index in [1.54, 1.807) is 11.3 Å². The van der Waals surface area contributed by atoms with Crippen LogP contribution in [0.1, 0.15) is 24.8 Å². The second-order valence-corrected chi connectivity index (χ2v) is 9.23. The first kappa shape index (κ1) is 19.4. The molecule has 0 aliphatic carbocycles. The van der Waals surface area contributed by atoms with Gasteiger partial charge in [-0.1, -0.05) is 29.0 Å². The predicted molar refractivity (Wildman–Crippen MR) is 117 cm³/mol. The van der Waals surface area contributed by atoms with Crippen molar-refractivity contribution in [3.8, 4) is 10.6 Å². The third kappa shape index (κ3) is 3.66. The molecule has 0 radical (unpaired) electrons. The molecule has 0 saturated carbocycles. The van der Waals surface area contributed by atoms with Crippen LogP contribution in [0.25, 0.3) is 16.1 Å². The van der Waals surface area contributed by atoms with E-state index in [0.29, 0.717) is 16.0 Å². The molecule has 2 aliphatic heterocycles. The highest BCUT2D eigenvalue weighted by molar-refractivity contribution is 7.18. The van der Waals surface area contributed by atoms with Crippen LogP contribution in [0.3, 0.4) is 0 Å². The number of aromatic nitrogens is 2. The van der Waals surface area contributed by atoms with Crippen LogP contribution in [-0.4, -0.2) is 54.5 Å². The molecule has 2 saturated heterocycles. The average Bonchev–Trinajstić information content (AvgIpc) is 3.30. The van der Waals surface area contributed by atoms with Crippen LogP contribution in [0.2, 0.25) is 5.02 Å². The van der Waals surface area contributed by atoms with E-state index in [2.05, 4.69) is 27.0 Å². The van der Waals surface area contributed by atoms with Gasteiger partial charge in [-0.15, -0.1) is 10.2 Å². The minimum absolute atomic E-state index is 0.399. The summed E-state index contributed by atoms with van der Waals surface area (Å²) in [5.41, 5.74) is 8.29. The van der Waals surface area contributed by atoms with E-state index in [1.807, 2.05) is 18.2 Å². The molecule has 1 aromatic carbocycles. The Labute approximate surface area is 174 Å². The molecule has 6 nitrogen and oxygen atoms in total. The fourth-order valence-electron chi connectivity index (χ4n) is 4.41. The number of allylic oxidation sites excluding steroid dienone is 1. The Kier molecular flexibility index (Phi) is 5.40. The smallest absolute Gasteiger partial charge is 0.208 e. The molecule has 148 valence electrons. The van der Waals surface area contributed by atoms with Crippen LogP contribution in [0, 0.1) is 10.8 Å². The summed E-state index contributed by atoms with van der Waals surface area (Å²) < 4.78 is 0. The maximum atomic E-state index is 7.44. The summed E-state index contributed by atoms with van der Waals surface area (Å²) in [6, 6.07) is 5.67. The molecular weight excluding hydrogens is 392 g/mol. The highest BCUT2D eigenvalue weighted by Crippen LogP contribution is 2.41. The zero-order valence-electron chi connectivity index (χ0n) is 16.0. The largest absolute Gasteiger partial charge is 0.404 e. The molecule has 1 aromatic heterocycles. The molecule has 4 rings (SSSR count). The Bertz CT molecular complexity index is 906. The van der Waals surface area contributed by atoms with Crippen LogP contribution in [-0.2, 0) is 0 Å². The van der Waals surface area contributed by atoms with Gasteiger partial charge in [0.15, 0.2) is 5.01 Å². The van der Waals surface area contributed by atoms with Gasteiger partial charge in [-0.3, -0.25) is 0 Å². The van der Waals surface area contributed by atoms with Crippen LogP contribution >= 0.6 is 22.9 Å². The number of benzene rings is 1. The van der Waals surface area contributed by atoms with Crippen LogP contribution in [0.15, 0.2) is 24.4 Å². The predicted octanol–water partition coefficient (Wildman–Crippen LogP) is 3.73. The van der Waals surface area contributed by atoms with Crippen molar-refractivity contribution in [2.45, 2.75) is 19.3 Å². The summed E-state index contributed by atoms with van der Waals surface area (Å²) in [5, 5.41) is 18.7. The van der Waals surface area contributed by atoms with Crippen molar-refractivity contribution in [3.05, 3.63) is 35.0 Å². The molecule has 1 unspecified atom stereocenters. The molecule has 2 aromatic rings. The van der Waals surface area contributed by atoms with Gasteiger partial charge in [0, 0.05) is 48.6 Å². The van der Waals surface area contributed by atoms with Crippen molar-refractivity contribution in [2.75, 3.05) is 38.1 Å². The van der Waals surface area contributed by atoms with Crippen molar-refractivity contribution >= 4 is 39.9 Å². The summed E-state index contributed by atoms with van der Waals surface area (Å²) >= 11 is 8.10. The number of hydrogen-bond acceptors (Lipinski definition) is 7. The lowest BCUT2D eigenvalue weighted by Gasteiger charge is -2.40. The molecule has 2 aliphatic rings. The molecule has 3 heterocycles. The fourth-order valence-corrected chi connectivity index (χ4v) is 5.65. The molecule has 0 bridgehead atoms. The molecule has 2 fully saturated rings. The maximum Gasteiger partial charge on any atom is 0.208 e. The number of anilines is 1. The minimum atomic E-state index is 0.399. The summed E-state index contributed by atoms with van der Waals surface area (Å²) in [4.78, 5) is 4.84. The van der Waals surface area contributed by atoms with Crippen molar-refractivity contribution in [3.63, 3.8) is 0 Å². The summed E-state index contributed by atoms with van der Waals surface area (Å²) in [5.74, 6) is 0. The summed E-state index contributed by atoms with van der Waals surface area (Å²) in [7, 11) is 2.21. The van der Waals surface area contributed by atoms with E-state index < -0.39 is 0 Å². The topological polar surface area (TPSA) is 82.1 Å². The Hall–Kier alpha value is -1.96. The van der Waals surface area contributed by atoms with Gasteiger partial charge >= 0.3 is 0 Å². The normalized spacial score (nSPS) is 23.5. The van der Waals surface area contributed by atoms with Gasteiger partial charge in [-0.25, -0.2) is 0 Å². The average molecular weight is 417 g/mol. The Morgan fingerprint density at radius 1 is 1.29 bits per heavy atom. The number of piperidine rings is 1. The number of rotatable bonds is 4. The Morgan fingerprint density at radius 3 is 2.82 bits per heavy atom. The van der Waals surface area contributed by atoms with E-state index >= 15 is 0 Å². The minimum Gasteiger partial charge on any atom is -0.404 e.